The molecule has 0 amide bonds. The van der Waals surface area contributed by atoms with Gasteiger partial charge in [0.05, 0.1) is 6.61 Å². The van der Waals surface area contributed by atoms with Crippen LogP contribution in [0.2, 0.25) is 0 Å². The molecule has 1 aliphatic heterocycles. The second-order valence-electron chi connectivity index (χ2n) is 4.18. The first-order chi connectivity index (χ1) is 6.93. The molecule has 0 bridgehead atoms. The summed E-state index contributed by atoms with van der Waals surface area (Å²) < 4.78 is 5.35. The van der Waals surface area contributed by atoms with Crippen LogP contribution >= 0.6 is 0 Å². The molecule has 1 aromatic carbocycles. The molecule has 1 aromatic rings. The van der Waals surface area contributed by atoms with Crippen molar-refractivity contribution in [3.8, 4) is 0 Å². The zero-order chi connectivity index (χ0) is 9.38. The first kappa shape index (κ1) is 8.45. The molecule has 0 saturated carbocycles. The van der Waals surface area contributed by atoms with Gasteiger partial charge in [-0.15, -0.1) is 0 Å². The molecule has 3 rings (SSSR count). The van der Waals surface area contributed by atoms with Crippen LogP contribution in [0.15, 0.2) is 24.3 Å². The standard InChI is InChI=1S/C12H15NO/c1-2-4-11-9(3-1)7-12(11)13-10-5-6-14-8-10/h1-4,10,12-13H,5-8H2. The van der Waals surface area contributed by atoms with Gasteiger partial charge in [0.15, 0.2) is 0 Å². The highest BCUT2D eigenvalue weighted by Gasteiger charge is 2.28. The van der Waals surface area contributed by atoms with Gasteiger partial charge in [-0.05, 0) is 24.0 Å². The van der Waals surface area contributed by atoms with Gasteiger partial charge in [0.25, 0.3) is 0 Å². The third-order valence-corrected chi connectivity index (χ3v) is 3.22. The van der Waals surface area contributed by atoms with Crippen LogP contribution in [0, 0.1) is 0 Å². The summed E-state index contributed by atoms with van der Waals surface area (Å²) in [6.45, 7) is 1.81. The summed E-state index contributed by atoms with van der Waals surface area (Å²) in [6, 6.07) is 9.85. The average Bonchev–Trinajstić information content (AvgIpc) is 2.67. The van der Waals surface area contributed by atoms with Gasteiger partial charge in [0.2, 0.25) is 0 Å². The van der Waals surface area contributed by atoms with Gasteiger partial charge in [0, 0.05) is 18.7 Å². The number of benzene rings is 1. The number of fused-ring (bicyclic) bond motifs is 1. The lowest BCUT2D eigenvalue weighted by Gasteiger charge is -2.32. The minimum absolute atomic E-state index is 0.577. The van der Waals surface area contributed by atoms with E-state index in [1.807, 2.05) is 0 Å². The van der Waals surface area contributed by atoms with E-state index < -0.39 is 0 Å². The predicted molar refractivity (Wildman–Crippen MR) is 55.2 cm³/mol. The minimum atomic E-state index is 0.577. The molecule has 1 N–H and O–H groups in total. The van der Waals surface area contributed by atoms with Crippen LogP contribution in [0.5, 0.6) is 0 Å². The van der Waals surface area contributed by atoms with Crippen molar-refractivity contribution >= 4 is 0 Å². The summed E-state index contributed by atoms with van der Waals surface area (Å²) in [5.41, 5.74) is 2.99. The normalized spacial score (nSPS) is 29.7. The monoisotopic (exact) mass is 189 g/mol. The lowest BCUT2D eigenvalue weighted by molar-refractivity contribution is 0.187. The molecule has 2 nitrogen and oxygen atoms in total. The van der Waals surface area contributed by atoms with Crippen molar-refractivity contribution in [1.29, 1.82) is 0 Å². The summed E-state index contributed by atoms with van der Waals surface area (Å²) >= 11 is 0. The Kier molecular flexibility index (Phi) is 2.03. The second-order valence-corrected chi connectivity index (χ2v) is 4.18. The lowest BCUT2D eigenvalue weighted by Crippen LogP contribution is -2.38. The van der Waals surface area contributed by atoms with E-state index in [2.05, 4.69) is 29.6 Å². The van der Waals surface area contributed by atoms with Crippen molar-refractivity contribution in [2.75, 3.05) is 13.2 Å². The fourth-order valence-electron chi connectivity index (χ4n) is 2.36. The summed E-state index contributed by atoms with van der Waals surface area (Å²) in [4.78, 5) is 0. The molecule has 0 spiro atoms. The van der Waals surface area contributed by atoms with Crippen LogP contribution in [-0.2, 0) is 11.2 Å². The smallest absolute Gasteiger partial charge is 0.0620 e. The van der Waals surface area contributed by atoms with Gasteiger partial charge >= 0.3 is 0 Å². The van der Waals surface area contributed by atoms with E-state index in [1.165, 1.54) is 24.0 Å². The molecule has 74 valence electrons. The molecule has 1 aliphatic carbocycles. The van der Waals surface area contributed by atoms with Crippen molar-refractivity contribution in [2.45, 2.75) is 24.9 Å². The van der Waals surface area contributed by atoms with Crippen LogP contribution in [0.4, 0.5) is 0 Å². The molecule has 2 aliphatic rings. The van der Waals surface area contributed by atoms with Crippen LogP contribution in [0.25, 0.3) is 0 Å². The number of nitrogens with one attached hydrogen (secondary N) is 1. The molecule has 1 heterocycles. The van der Waals surface area contributed by atoms with Crippen molar-refractivity contribution in [3.63, 3.8) is 0 Å². The van der Waals surface area contributed by atoms with Gasteiger partial charge < -0.3 is 10.1 Å². The molecular formula is C12H15NO. The van der Waals surface area contributed by atoms with E-state index in [9.17, 15) is 0 Å². The van der Waals surface area contributed by atoms with Gasteiger partial charge in [-0.1, -0.05) is 24.3 Å². The molecule has 1 saturated heterocycles. The molecule has 2 heteroatoms. The molecule has 1 fully saturated rings. The van der Waals surface area contributed by atoms with Crippen LogP contribution in [0.3, 0.4) is 0 Å². The maximum atomic E-state index is 5.35. The van der Waals surface area contributed by atoms with Gasteiger partial charge in [0.1, 0.15) is 0 Å². The zero-order valence-electron chi connectivity index (χ0n) is 8.20. The molecule has 2 unspecified atom stereocenters. The van der Waals surface area contributed by atoms with E-state index >= 15 is 0 Å². The lowest BCUT2D eigenvalue weighted by atomic mass is 9.83. The maximum absolute atomic E-state index is 5.35. The highest BCUT2D eigenvalue weighted by atomic mass is 16.5. The van der Waals surface area contributed by atoms with Gasteiger partial charge in [-0.25, -0.2) is 0 Å². The fourth-order valence-corrected chi connectivity index (χ4v) is 2.36. The second kappa shape index (κ2) is 3.37. The predicted octanol–water partition coefficient (Wildman–Crippen LogP) is 1.66. The Morgan fingerprint density at radius 3 is 3.00 bits per heavy atom. The third kappa shape index (κ3) is 1.35. The molecule has 14 heavy (non-hydrogen) atoms. The number of hydrogen-bond donors (Lipinski definition) is 1. The molecule has 0 aromatic heterocycles. The Balaban J connectivity index is 1.67. The highest BCUT2D eigenvalue weighted by Crippen LogP contribution is 2.33. The van der Waals surface area contributed by atoms with Crippen molar-refractivity contribution < 1.29 is 4.74 Å². The van der Waals surface area contributed by atoms with E-state index in [4.69, 9.17) is 4.74 Å². The molecule has 2 atom stereocenters. The SMILES string of the molecule is c1ccc2c(c1)CC2NC1CCOC1. The third-order valence-electron chi connectivity index (χ3n) is 3.22. The van der Waals surface area contributed by atoms with Gasteiger partial charge in [-0.3, -0.25) is 0 Å². The van der Waals surface area contributed by atoms with E-state index in [-0.39, 0.29) is 0 Å². The Morgan fingerprint density at radius 1 is 1.29 bits per heavy atom. The topological polar surface area (TPSA) is 21.3 Å². The Bertz CT molecular complexity index is 331. The quantitative estimate of drug-likeness (QED) is 0.764. The van der Waals surface area contributed by atoms with Crippen LogP contribution < -0.4 is 5.32 Å². The Hall–Kier alpha value is -0.860. The minimum Gasteiger partial charge on any atom is -0.380 e. The maximum Gasteiger partial charge on any atom is 0.0620 e. The van der Waals surface area contributed by atoms with E-state index in [1.54, 1.807) is 0 Å². The zero-order valence-corrected chi connectivity index (χ0v) is 8.20. The van der Waals surface area contributed by atoms with Crippen molar-refractivity contribution in [3.05, 3.63) is 35.4 Å². The van der Waals surface area contributed by atoms with Crippen LogP contribution in [-0.4, -0.2) is 19.3 Å². The Labute approximate surface area is 84.3 Å². The molecular weight excluding hydrogens is 174 g/mol. The molecule has 0 radical (unpaired) electrons. The van der Waals surface area contributed by atoms with E-state index in [0.29, 0.717) is 12.1 Å². The van der Waals surface area contributed by atoms with Gasteiger partial charge in [-0.2, -0.15) is 0 Å². The summed E-state index contributed by atoms with van der Waals surface area (Å²) in [5.74, 6) is 0. The van der Waals surface area contributed by atoms with E-state index in [0.717, 1.165) is 13.2 Å². The largest absolute Gasteiger partial charge is 0.380 e. The van der Waals surface area contributed by atoms with Crippen molar-refractivity contribution in [2.24, 2.45) is 0 Å². The van der Waals surface area contributed by atoms with Crippen molar-refractivity contribution in [1.82, 2.24) is 5.32 Å². The summed E-state index contributed by atoms with van der Waals surface area (Å²) in [5, 5.41) is 3.65. The average molecular weight is 189 g/mol. The summed E-state index contributed by atoms with van der Waals surface area (Å²) in [6.07, 6.45) is 2.35. The highest BCUT2D eigenvalue weighted by molar-refractivity contribution is 5.39. The van der Waals surface area contributed by atoms with Crippen LogP contribution in [0.1, 0.15) is 23.6 Å². The Morgan fingerprint density at radius 2 is 2.21 bits per heavy atom. The number of hydrogen-bond acceptors (Lipinski definition) is 2. The summed E-state index contributed by atoms with van der Waals surface area (Å²) in [7, 11) is 0. The first-order valence-corrected chi connectivity index (χ1v) is 5.35. The number of ether oxygens (including phenoxy) is 1. The first-order valence-electron chi connectivity index (χ1n) is 5.35. The number of rotatable bonds is 2. The fraction of sp³-hybridized carbons (Fsp3) is 0.500.